The molecule has 0 atom stereocenters. The van der Waals surface area contributed by atoms with E-state index in [1.54, 1.807) is 0 Å². The van der Waals surface area contributed by atoms with E-state index in [-0.39, 0.29) is 0 Å². The molecule has 0 saturated carbocycles. The van der Waals surface area contributed by atoms with Crippen LogP contribution in [0, 0.1) is 0 Å². The van der Waals surface area contributed by atoms with E-state index in [1.165, 1.54) is 5.56 Å². The molecule has 15 heavy (non-hydrogen) atoms. The van der Waals surface area contributed by atoms with Crippen molar-refractivity contribution < 1.29 is 9.22 Å². The van der Waals surface area contributed by atoms with E-state index in [0.717, 1.165) is 30.8 Å². The number of likely N-dealkylation sites (N-methyl/N-ethyl adjacent to an activating group) is 1. The summed E-state index contributed by atoms with van der Waals surface area (Å²) in [4.78, 5) is 0. The summed E-state index contributed by atoms with van der Waals surface area (Å²) in [7, 11) is 4.48. The number of hydrogen-bond donors (Lipinski definition) is 0. The molecule has 0 aliphatic heterocycles. The molecule has 0 fully saturated rings. The van der Waals surface area contributed by atoms with Crippen molar-refractivity contribution in [3.8, 4) is 0 Å². The van der Waals surface area contributed by atoms with E-state index in [4.69, 9.17) is 4.74 Å². The van der Waals surface area contributed by atoms with Gasteiger partial charge in [0, 0.05) is 12.2 Å². The summed E-state index contributed by atoms with van der Waals surface area (Å²) in [6.45, 7) is 5.81. The number of benzene rings is 1. The zero-order valence-corrected chi connectivity index (χ0v) is 10.1. The predicted octanol–water partition coefficient (Wildman–Crippen LogP) is 2.30. The third-order valence-electron chi connectivity index (χ3n) is 2.50. The maximum Gasteiger partial charge on any atom is 0.104 e. The van der Waals surface area contributed by atoms with Gasteiger partial charge in [0.25, 0.3) is 0 Å². The van der Waals surface area contributed by atoms with Crippen molar-refractivity contribution in [2.45, 2.75) is 13.5 Å². The third kappa shape index (κ3) is 4.96. The SMILES string of the molecule is CCOCC[N+](C)(C)Cc1ccccc1. The van der Waals surface area contributed by atoms with Crippen molar-refractivity contribution in [2.24, 2.45) is 0 Å². The first-order valence-electron chi connectivity index (χ1n) is 5.58. The lowest BCUT2D eigenvalue weighted by molar-refractivity contribution is -0.904. The van der Waals surface area contributed by atoms with Crippen LogP contribution in [0.15, 0.2) is 30.3 Å². The summed E-state index contributed by atoms with van der Waals surface area (Å²) in [5.41, 5.74) is 1.39. The van der Waals surface area contributed by atoms with Gasteiger partial charge in [-0.3, -0.25) is 0 Å². The van der Waals surface area contributed by atoms with Crippen molar-refractivity contribution in [2.75, 3.05) is 33.9 Å². The van der Waals surface area contributed by atoms with Crippen LogP contribution < -0.4 is 0 Å². The van der Waals surface area contributed by atoms with Crippen molar-refractivity contribution in [3.05, 3.63) is 35.9 Å². The molecule has 0 saturated heterocycles. The molecule has 2 heteroatoms. The molecule has 0 unspecified atom stereocenters. The fraction of sp³-hybridized carbons (Fsp3) is 0.538. The largest absolute Gasteiger partial charge is 0.376 e. The Bertz CT molecular complexity index is 269. The Labute approximate surface area is 93.1 Å². The van der Waals surface area contributed by atoms with E-state index in [2.05, 4.69) is 44.4 Å². The first-order valence-corrected chi connectivity index (χ1v) is 5.58. The second-order valence-electron chi connectivity index (χ2n) is 4.50. The number of quaternary nitrogens is 1. The van der Waals surface area contributed by atoms with Crippen LogP contribution in [-0.4, -0.2) is 38.3 Å². The molecule has 0 amide bonds. The highest BCUT2D eigenvalue weighted by Crippen LogP contribution is 2.08. The lowest BCUT2D eigenvalue weighted by atomic mass is 10.2. The standard InChI is InChI=1S/C13H22NO/c1-4-15-11-10-14(2,3)12-13-8-6-5-7-9-13/h5-9H,4,10-12H2,1-3H3/q+1. The van der Waals surface area contributed by atoms with Crippen LogP contribution in [0.4, 0.5) is 0 Å². The van der Waals surface area contributed by atoms with Crippen LogP contribution in [0.3, 0.4) is 0 Å². The van der Waals surface area contributed by atoms with Gasteiger partial charge in [0.05, 0.1) is 20.7 Å². The maximum absolute atomic E-state index is 5.39. The summed E-state index contributed by atoms with van der Waals surface area (Å²) >= 11 is 0. The minimum atomic E-state index is 0.811. The van der Waals surface area contributed by atoms with Crippen molar-refractivity contribution in [3.63, 3.8) is 0 Å². The minimum absolute atomic E-state index is 0.811. The average molecular weight is 208 g/mol. The second kappa shape index (κ2) is 5.89. The lowest BCUT2D eigenvalue weighted by Crippen LogP contribution is -2.41. The second-order valence-corrected chi connectivity index (χ2v) is 4.50. The Morgan fingerprint density at radius 2 is 1.80 bits per heavy atom. The normalized spacial score (nSPS) is 11.7. The van der Waals surface area contributed by atoms with Gasteiger partial charge in [-0.2, -0.15) is 0 Å². The Kier molecular flexibility index (Phi) is 4.79. The number of ether oxygens (including phenoxy) is 1. The Hall–Kier alpha value is -0.860. The Morgan fingerprint density at radius 1 is 1.13 bits per heavy atom. The van der Waals surface area contributed by atoms with Crippen molar-refractivity contribution in [1.29, 1.82) is 0 Å². The van der Waals surface area contributed by atoms with Crippen LogP contribution in [0.1, 0.15) is 12.5 Å². The van der Waals surface area contributed by atoms with E-state index in [1.807, 2.05) is 6.92 Å². The van der Waals surface area contributed by atoms with Gasteiger partial charge < -0.3 is 9.22 Å². The smallest absolute Gasteiger partial charge is 0.104 e. The van der Waals surface area contributed by atoms with Gasteiger partial charge in [0.1, 0.15) is 13.1 Å². The molecule has 0 radical (unpaired) electrons. The quantitative estimate of drug-likeness (QED) is 0.515. The lowest BCUT2D eigenvalue weighted by Gasteiger charge is -2.29. The molecule has 0 heterocycles. The van der Waals surface area contributed by atoms with Crippen LogP contribution >= 0.6 is 0 Å². The topological polar surface area (TPSA) is 9.23 Å². The fourth-order valence-electron chi connectivity index (χ4n) is 1.61. The van der Waals surface area contributed by atoms with Gasteiger partial charge in [-0.15, -0.1) is 0 Å². The molecular formula is C13H22NO+. The summed E-state index contributed by atoms with van der Waals surface area (Å²) in [5, 5.41) is 0. The Balaban J connectivity index is 2.42. The summed E-state index contributed by atoms with van der Waals surface area (Å²) in [6, 6.07) is 10.6. The van der Waals surface area contributed by atoms with E-state index in [0.29, 0.717) is 0 Å². The molecule has 0 spiro atoms. The number of hydrogen-bond acceptors (Lipinski definition) is 1. The van der Waals surface area contributed by atoms with Gasteiger partial charge in [-0.1, -0.05) is 30.3 Å². The van der Waals surface area contributed by atoms with Crippen LogP contribution in [0.25, 0.3) is 0 Å². The molecule has 84 valence electrons. The molecule has 0 aliphatic carbocycles. The Morgan fingerprint density at radius 3 is 2.40 bits per heavy atom. The maximum atomic E-state index is 5.39. The summed E-state index contributed by atoms with van der Waals surface area (Å²) < 4.78 is 6.37. The monoisotopic (exact) mass is 208 g/mol. The van der Waals surface area contributed by atoms with E-state index >= 15 is 0 Å². The molecular weight excluding hydrogens is 186 g/mol. The van der Waals surface area contributed by atoms with E-state index < -0.39 is 0 Å². The minimum Gasteiger partial charge on any atom is -0.376 e. The third-order valence-corrected chi connectivity index (χ3v) is 2.50. The molecule has 0 aromatic heterocycles. The van der Waals surface area contributed by atoms with E-state index in [9.17, 15) is 0 Å². The van der Waals surface area contributed by atoms with Gasteiger partial charge in [-0.05, 0) is 6.92 Å². The van der Waals surface area contributed by atoms with Gasteiger partial charge >= 0.3 is 0 Å². The average Bonchev–Trinajstić information content (AvgIpc) is 2.18. The highest BCUT2D eigenvalue weighted by Gasteiger charge is 2.14. The molecule has 2 nitrogen and oxygen atoms in total. The van der Waals surface area contributed by atoms with Crippen LogP contribution in [0.2, 0.25) is 0 Å². The number of nitrogens with zero attached hydrogens (tertiary/aromatic N) is 1. The van der Waals surface area contributed by atoms with Gasteiger partial charge in [0.15, 0.2) is 0 Å². The molecule has 0 N–H and O–H groups in total. The number of rotatable bonds is 6. The van der Waals surface area contributed by atoms with Gasteiger partial charge in [-0.25, -0.2) is 0 Å². The van der Waals surface area contributed by atoms with Crippen LogP contribution in [0.5, 0.6) is 0 Å². The molecule has 1 rings (SSSR count). The summed E-state index contributed by atoms with van der Waals surface area (Å²) in [6.07, 6.45) is 0. The van der Waals surface area contributed by atoms with Gasteiger partial charge in [0.2, 0.25) is 0 Å². The highest BCUT2D eigenvalue weighted by atomic mass is 16.5. The first-order chi connectivity index (χ1) is 7.14. The van der Waals surface area contributed by atoms with Crippen molar-refractivity contribution in [1.82, 2.24) is 0 Å². The zero-order valence-electron chi connectivity index (χ0n) is 10.1. The molecule has 1 aromatic rings. The first kappa shape index (κ1) is 12.2. The molecule has 0 aliphatic rings. The predicted molar refractivity (Wildman–Crippen MR) is 63.6 cm³/mol. The van der Waals surface area contributed by atoms with Crippen LogP contribution in [-0.2, 0) is 11.3 Å². The highest BCUT2D eigenvalue weighted by molar-refractivity contribution is 5.13. The molecule has 0 bridgehead atoms. The fourth-order valence-corrected chi connectivity index (χ4v) is 1.61. The zero-order chi connectivity index (χ0) is 11.1. The summed E-state index contributed by atoms with van der Waals surface area (Å²) in [5.74, 6) is 0. The molecule has 1 aromatic carbocycles. The van der Waals surface area contributed by atoms with Crippen molar-refractivity contribution >= 4 is 0 Å².